The molecule has 1 amide bonds. The van der Waals surface area contributed by atoms with Crippen molar-refractivity contribution >= 4 is 17.4 Å². The molecule has 2 N–H and O–H groups in total. The van der Waals surface area contributed by atoms with Gasteiger partial charge in [0.2, 0.25) is 0 Å². The Balaban J connectivity index is 1.96. The van der Waals surface area contributed by atoms with Gasteiger partial charge in [0.1, 0.15) is 22.9 Å². The summed E-state index contributed by atoms with van der Waals surface area (Å²) in [5, 5.41) is 24.1. The maximum Gasteiger partial charge on any atom is 0.256 e. The van der Waals surface area contributed by atoms with E-state index in [1.807, 2.05) is 13.8 Å². The third-order valence-electron chi connectivity index (χ3n) is 5.15. The average Bonchev–Trinajstić information content (AvgIpc) is 2.87. The second kappa shape index (κ2) is 11.6. The van der Waals surface area contributed by atoms with Crippen molar-refractivity contribution in [1.82, 2.24) is 10.3 Å². The number of rotatable bonds is 9. The lowest BCUT2D eigenvalue weighted by Gasteiger charge is -2.18. The number of aryl methyl sites for hydroxylation is 2. The number of pyridine rings is 1. The quantitative estimate of drug-likeness (QED) is 0.441. The predicted octanol–water partition coefficient (Wildman–Crippen LogP) is 4.33. The molecule has 0 fully saturated rings. The number of aromatic nitrogens is 1. The van der Waals surface area contributed by atoms with Gasteiger partial charge >= 0.3 is 0 Å². The van der Waals surface area contributed by atoms with Gasteiger partial charge in [0.05, 0.1) is 29.8 Å². The molecule has 0 saturated heterocycles. The van der Waals surface area contributed by atoms with E-state index in [0.29, 0.717) is 28.4 Å². The van der Waals surface area contributed by atoms with Crippen molar-refractivity contribution in [3.8, 4) is 23.6 Å². The van der Waals surface area contributed by atoms with Crippen LogP contribution in [0, 0.1) is 36.5 Å². The molecule has 35 heavy (non-hydrogen) atoms. The number of nitrogens with zero attached hydrogens (tertiary/aromatic N) is 3. The van der Waals surface area contributed by atoms with Crippen LogP contribution < -0.4 is 15.4 Å². The fourth-order valence-electron chi connectivity index (χ4n) is 3.36. The number of hydrogen-bond acceptors (Lipinski definition) is 8. The van der Waals surface area contributed by atoms with Gasteiger partial charge in [0.15, 0.2) is 6.29 Å². The van der Waals surface area contributed by atoms with Crippen molar-refractivity contribution in [2.45, 2.75) is 20.1 Å². The van der Waals surface area contributed by atoms with E-state index in [1.54, 1.807) is 42.5 Å². The van der Waals surface area contributed by atoms with Gasteiger partial charge in [-0.15, -0.1) is 0 Å². The molecule has 0 aliphatic heterocycles. The molecule has 0 unspecified atom stereocenters. The molecule has 0 radical (unpaired) electrons. The van der Waals surface area contributed by atoms with Gasteiger partial charge in [-0.3, -0.25) is 4.79 Å². The van der Waals surface area contributed by atoms with Crippen LogP contribution >= 0.6 is 0 Å². The lowest BCUT2D eigenvalue weighted by molar-refractivity contribution is -0.0974. The molecular formula is C26H25N5O4. The molecule has 0 aliphatic rings. The number of nitrogens with one attached hydrogen (secondary N) is 2. The van der Waals surface area contributed by atoms with E-state index >= 15 is 0 Å². The van der Waals surface area contributed by atoms with Gasteiger partial charge in [-0.05, 0) is 61.4 Å². The molecule has 0 aliphatic carbocycles. The summed E-state index contributed by atoms with van der Waals surface area (Å²) in [5.74, 6) is 0.841. The third kappa shape index (κ3) is 6.33. The van der Waals surface area contributed by atoms with E-state index < -0.39 is 12.2 Å². The van der Waals surface area contributed by atoms with Crippen LogP contribution in [-0.2, 0) is 9.47 Å². The summed E-state index contributed by atoms with van der Waals surface area (Å²) in [6.07, 6.45) is 0.816. The number of anilines is 2. The number of amides is 1. The fourth-order valence-corrected chi connectivity index (χ4v) is 3.36. The van der Waals surface area contributed by atoms with Gasteiger partial charge in [0, 0.05) is 32.2 Å². The van der Waals surface area contributed by atoms with Crippen molar-refractivity contribution in [3.63, 3.8) is 0 Å². The van der Waals surface area contributed by atoms with Gasteiger partial charge in [-0.1, -0.05) is 0 Å². The summed E-state index contributed by atoms with van der Waals surface area (Å²) in [6, 6.07) is 16.2. The van der Waals surface area contributed by atoms with Gasteiger partial charge in [0.25, 0.3) is 5.91 Å². The highest BCUT2D eigenvalue weighted by molar-refractivity contribution is 5.97. The Kier molecular flexibility index (Phi) is 8.36. The Labute approximate surface area is 203 Å². The number of nitriles is 2. The second-order valence-electron chi connectivity index (χ2n) is 7.64. The van der Waals surface area contributed by atoms with Crippen LogP contribution in [0.25, 0.3) is 0 Å². The molecule has 2 aromatic carbocycles. The van der Waals surface area contributed by atoms with Crippen LogP contribution in [0.2, 0.25) is 0 Å². The summed E-state index contributed by atoms with van der Waals surface area (Å²) in [4.78, 5) is 17.3. The highest BCUT2D eigenvalue weighted by Crippen LogP contribution is 2.33. The largest absolute Gasteiger partial charge is 0.456 e. The first-order valence-electron chi connectivity index (χ1n) is 10.7. The second-order valence-corrected chi connectivity index (χ2v) is 7.64. The Morgan fingerprint density at radius 3 is 2.20 bits per heavy atom. The molecule has 3 aromatic rings. The molecule has 0 atom stereocenters. The zero-order valence-electron chi connectivity index (χ0n) is 19.9. The number of methoxy groups -OCH3 is 2. The van der Waals surface area contributed by atoms with Crippen LogP contribution in [0.3, 0.4) is 0 Å². The number of benzene rings is 2. The molecule has 9 heteroatoms. The van der Waals surface area contributed by atoms with E-state index in [9.17, 15) is 10.1 Å². The summed E-state index contributed by atoms with van der Waals surface area (Å²) in [6.45, 7) is 3.80. The Morgan fingerprint density at radius 1 is 1.00 bits per heavy atom. The SMILES string of the molecule is COC(CNC(=O)c1cnc(Nc2ccc(C#N)cc2)cc1Oc1c(C)cc(C#N)cc1C)OC. The molecule has 0 bridgehead atoms. The monoisotopic (exact) mass is 471 g/mol. The van der Waals surface area contributed by atoms with Gasteiger partial charge in [-0.2, -0.15) is 10.5 Å². The Hall–Kier alpha value is -4.44. The molecule has 9 nitrogen and oxygen atoms in total. The van der Waals surface area contributed by atoms with Crippen molar-refractivity contribution < 1.29 is 19.0 Å². The smallest absolute Gasteiger partial charge is 0.256 e. The van der Waals surface area contributed by atoms with Crippen LogP contribution in [0.15, 0.2) is 48.7 Å². The van der Waals surface area contributed by atoms with E-state index in [1.165, 1.54) is 20.4 Å². The van der Waals surface area contributed by atoms with E-state index in [0.717, 1.165) is 11.1 Å². The fraction of sp³-hybridized carbons (Fsp3) is 0.231. The van der Waals surface area contributed by atoms with E-state index in [-0.39, 0.29) is 17.9 Å². The third-order valence-corrected chi connectivity index (χ3v) is 5.15. The zero-order valence-corrected chi connectivity index (χ0v) is 19.9. The Morgan fingerprint density at radius 2 is 1.63 bits per heavy atom. The Bertz CT molecular complexity index is 1270. The average molecular weight is 472 g/mol. The normalized spacial score (nSPS) is 10.4. The maximum atomic E-state index is 13.0. The van der Waals surface area contributed by atoms with Crippen molar-refractivity contribution in [2.24, 2.45) is 0 Å². The van der Waals surface area contributed by atoms with E-state index in [4.69, 9.17) is 19.5 Å². The van der Waals surface area contributed by atoms with Crippen LogP contribution in [0.4, 0.5) is 11.5 Å². The zero-order chi connectivity index (χ0) is 25.4. The molecule has 0 saturated carbocycles. The van der Waals surface area contributed by atoms with Crippen LogP contribution in [0.1, 0.15) is 32.6 Å². The maximum absolute atomic E-state index is 13.0. The lowest BCUT2D eigenvalue weighted by atomic mass is 10.1. The van der Waals surface area contributed by atoms with Gasteiger partial charge in [-0.25, -0.2) is 4.98 Å². The molecule has 3 rings (SSSR count). The lowest BCUT2D eigenvalue weighted by Crippen LogP contribution is -2.34. The van der Waals surface area contributed by atoms with Crippen molar-refractivity contribution in [3.05, 3.63) is 76.5 Å². The number of hydrogen-bond donors (Lipinski definition) is 2. The first-order chi connectivity index (χ1) is 16.9. The summed E-state index contributed by atoms with van der Waals surface area (Å²) < 4.78 is 16.5. The first kappa shape index (κ1) is 25.2. The highest BCUT2D eigenvalue weighted by atomic mass is 16.7. The molecular weight excluding hydrogens is 446 g/mol. The van der Waals surface area contributed by atoms with Gasteiger partial charge < -0.3 is 24.8 Å². The summed E-state index contributed by atoms with van der Waals surface area (Å²) in [7, 11) is 2.97. The van der Waals surface area contributed by atoms with Crippen LogP contribution in [0.5, 0.6) is 11.5 Å². The molecule has 1 heterocycles. The van der Waals surface area contributed by atoms with Crippen LogP contribution in [-0.4, -0.2) is 37.9 Å². The molecule has 0 spiro atoms. The molecule has 178 valence electrons. The predicted molar refractivity (Wildman–Crippen MR) is 130 cm³/mol. The highest BCUT2D eigenvalue weighted by Gasteiger charge is 2.19. The summed E-state index contributed by atoms with van der Waals surface area (Å²) in [5.41, 5.74) is 3.50. The minimum Gasteiger partial charge on any atom is -0.456 e. The summed E-state index contributed by atoms with van der Waals surface area (Å²) >= 11 is 0. The first-order valence-corrected chi connectivity index (χ1v) is 10.7. The molecule has 1 aromatic heterocycles. The van der Waals surface area contributed by atoms with Crippen molar-refractivity contribution in [1.29, 1.82) is 10.5 Å². The standard InChI is InChI=1S/C26H25N5O4/c1-16-9-19(13-28)10-17(2)25(16)35-22-11-23(31-20-7-5-18(12-27)6-8-20)29-14-21(22)26(32)30-15-24(33-3)34-4/h5-11,14,24H,15H2,1-4H3,(H,29,31)(H,30,32). The van der Waals surface area contributed by atoms with E-state index in [2.05, 4.69) is 27.8 Å². The number of carbonyl (C=O) groups excluding carboxylic acids is 1. The minimum atomic E-state index is -0.600. The minimum absolute atomic E-state index is 0.130. The topological polar surface area (TPSA) is 129 Å². The number of ether oxygens (including phenoxy) is 3. The van der Waals surface area contributed by atoms with Crippen molar-refractivity contribution in [2.75, 3.05) is 26.1 Å². The number of carbonyl (C=O) groups is 1.